The number of nitrogens with zero attached hydrogens (tertiary/aromatic N) is 2. The lowest BCUT2D eigenvalue weighted by molar-refractivity contribution is 0.0900. The lowest BCUT2D eigenvalue weighted by atomic mass is 10.0. The van der Waals surface area contributed by atoms with E-state index in [4.69, 9.17) is 14.2 Å². The van der Waals surface area contributed by atoms with Gasteiger partial charge in [0, 0.05) is 39.0 Å². The predicted molar refractivity (Wildman–Crippen MR) is 110 cm³/mol. The first kappa shape index (κ1) is 22.0. The summed E-state index contributed by atoms with van der Waals surface area (Å²) in [4.78, 5) is 19.1. The van der Waals surface area contributed by atoms with Gasteiger partial charge >= 0.3 is 0 Å². The zero-order valence-electron chi connectivity index (χ0n) is 17.4. The topological polar surface area (TPSA) is 72.9 Å². The van der Waals surface area contributed by atoms with E-state index in [1.807, 2.05) is 6.07 Å². The average Bonchev–Trinajstić information content (AvgIpc) is 2.76. The normalized spacial score (nSPS) is 15.0. The maximum absolute atomic E-state index is 13.9. The molecular formula is C22H28FN3O4. The van der Waals surface area contributed by atoms with Crippen molar-refractivity contribution in [3.8, 4) is 11.6 Å². The smallest absolute Gasteiger partial charge is 0.256 e. The van der Waals surface area contributed by atoms with Crippen molar-refractivity contribution in [2.75, 3.05) is 40.5 Å². The van der Waals surface area contributed by atoms with Gasteiger partial charge in [0.05, 0.1) is 13.7 Å². The van der Waals surface area contributed by atoms with Crippen LogP contribution in [-0.4, -0.2) is 62.4 Å². The van der Waals surface area contributed by atoms with Crippen molar-refractivity contribution >= 4 is 5.91 Å². The van der Waals surface area contributed by atoms with Crippen molar-refractivity contribution in [2.24, 2.45) is 0 Å². The quantitative estimate of drug-likeness (QED) is 0.633. The average molecular weight is 417 g/mol. The number of hydrogen-bond acceptors (Lipinski definition) is 6. The molecule has 0 unspecified atom stereocenters. The Balaban J connectivity index is 1.50. The number of amides is 1. The molecule has 8 heteroatoms. The number of benzene rings is 1. The number of pyridine rings is 1. The monoisotopic (exact) mass is 417 g/mol. The number of likely N-dealkylation sites (tertiary alicyclic amines) is 1. The van der Waals surface area contributed by atoms with Crippen molar-refractivity contribution in [2.45, 2.75) is 25.4 Å². The van der Waals surface area contributed by atoms with Gasteiger partial charge in [0.15, 0.2) is 11.6 Å². The molecule has 1 aromatic carbocycles. The molecule has 1 aliphatic heterocycles. The molecule has 1 aromatic heterocycles. The molecule has 2 heterocycles. The minimum atomic E-state index is -0.350. The van der Waals surface area contributed by atoms with Crippen LogP contribution in [0.1, 0.15) is 28.8 Å². The van der Waals surface area contributed by atoms with Crippen molar-refractivity contribution in [1.82, 2.24) is 15.2 Å². The summed E-state index contributed by atoms with van der Waals surface area (Å²) in [6.45, 7) is 3.07. The van der Waals surface area contributed by atoms with E-state index >= 15 is 0 Å². The predicted octanol–water partition coefficient (Wildman–Crippen LogP) is 2.65. The molecule has 1 aliphatic rings. The van der Waals surface area contributed by atoms with E-state index in [9.17, 15) is 9.18 Å². The fourth-order valence-electron chi connectivity index (χ4n) is 3.47. The highest BCUT2D eigenvalue weighted by molar-refractivity contribution is 5.96. The molecule has 162 valence electrons. The Bertz CT molecular complexity index is 841. The van der Waals surface area contributed by atoms with Gasteiger partial charge in [-0.1, -0.05) is 6.07 Å². The lowest BCUT2D eigenvalue weighted by Crippen LogP contribution is -2.44. The van der Waals surface area contributed by atoms with Gasteiger partial charge in [-0.05, 0) is 42.7 Å². The van der Waals surface area contributed by atoms with Crippen molar-refractivity contribution in [3.63, 3.8) is 0 Å². The molecule has 1 fully saturated rings. The molecular weight excluding hydrogens is 389 g/mol. The molecule has 2 aromatic rings. The summed E-state index contributed by atoms with van der Waals surface area (Å²) in [7, 11) is 3.05. The Morgan fingerprint density at radius 1 is 1.23 bits per heavy atom. The molecule has 0 aliphatic carbocycles. The number of rotatable bonds is 9. The van der Waals surface area contributed by atoms with Gasteiger partial charge in [0.25, 0.3) is 5.91 Å². The molecule has 0 spiro atoms. The molecule has 1 N–H and O–H groups in total. The Labute approximate surface area is 176 Å². The van der Waals surface area contributed by atoms with Crippen molar-refractivity contribution in [1.29, 1.82) is 0 Å². The van der Waals surface area contributed by atoms with E-state index in [0.717, 1.165) is 31.5 Å². The fraction of sp³-hybridized carbons (Fsp3) is 0.455. The SMILES string of the molecule is COCCOc1ncccc1C(=O)NC1CCN(Cc2ccc(OC)c(F)c2)CC1. The summed E-state index contributed by atoms with van der Waals surface area (Å²) in [5, 5.41) is 3.08. The van der Waals surface area contributed by atoms with Crippen LogP contribution >= 0.6 is 0 Å². The molecule has 0 radical (unpaired) electrons. The summed E-state index contributed by atoms with van der Waals surface area (Å²) in [5.74, 6) is 0.0236. The van der Waals surface area contributed by atoms with Crippen LogP contribution in [0, 0.1) is 5.82 Å². The van der Waals surface area contributed by atoms with Crippen LogP contribution in [0.15, 0.2) is 36.5 Å². The molecule has 30 heavy (non-hydrogen) atoms. The third-order valence-electron chi connectivity index (χ3n) is 5.09. The maximum atomic E-state index is 13.9. The third-order valence-corrected chi connectivity index (χ3v) is 5.09. The number of ether oxygens (including phenoxy) is 3. The van der Waals surface area contributed by atoms with Gasteiger partial charge in [-0.2, -0.15) is 0 Å². The lowest BCUT2D eigenvalue weighted by Gasteiger charge is -2.32. The van der Waals surface area contributed by atoms with E-state index in [-0.39, 0.29) is 23.5 Å². The van der Waals surface area contributed by atoms with Crippen LogP contribution < -0.4 is 14.8 Å². The first-order valence-electron chi connectivity index (χ1n) is 10.0. The van der Waals surface area contributed by atoms with Gasteiger partial charge in [-0.3, -0.25) is 9.69 Å². The standard InChI is InChI=1S/C22H28FN3O4/c1-28-12-13-30-22-18(4-3-9-24-22)21(27)25-17-7-10-26(11-8-17)15-16-5-6-20(29-2)19(23)14-16/h3-6,9,14,17H,7-8,10-13,15H2,1-2H3,(H,25,27). The number of hydrogen-bond donors (Lipinski definition) is 1. The number of nitrogens with one attached hydrogen (secondary N) is 1. The summed E-state index contributed by atoms with van der Waals surface area (Å²) >= 11 is 0. The first-order valence-corrected chi connectivity index (χ1v) is 10.0. The molecule has 0 bridgehead atoms. The molecule has 7 nitrogen and oxygen atoms in total. The van der Waals surface area contributed by atoms with E-state index in [2.05, 4.69) is 15.2 Å². The number of carbonyl (C=O) groups is 1. The van der Waals surface area contributed by atoms with Crippen LogP contribution in [0.3, 0.4) is 0 Å². The highest BCUT2D eigenvalue weighted by Crippen LogP contribution is 2.21. The van der Waals surface area contributed by atoms with Gasteiger partial charge in [0.2, 0.25) is 5.88 Å². The Hall–Kier alpha value is -2.71. The number of piperidine rings is 1. The molecule has 3 rings (SSSR count). The molecule has 1 amide bonds. The Kier molecular flexibility index (Phi) is 7.98. The van der Waals surface area contributed by atoms with Crippen LogP contribution in [-0.2, 0) is 11.3 Å². The van der Waals surface area contributed by atoms with Gasteiger partial charge in [-0.15, -0.1) is 0 Å². The minimum Gasteiger partial charge on any atom is -0.494 e. The highest BCUT2D eigenvalue weighted by Gasteiger charge is 2.23. The zero-order chi connectivity index (χ0) is 21.3. The molecule has 1 saturated heterocycles. The van der Waals surface area contributed by atoms with E-state index in [0.29, 0.717) is 31.2 Å². The zero-order valence-corrected chi connectivity index (χ0v) is 17.4. The molecule has 0 saturated carbocycles. The third kappa shape index (κ3) is 5.90. The maximum Gasteiger partial charge on any atom is 0.256 e. The summed E-state index contributed by atoms with van der Waals surface area (Å²) < 4.78 is 29.4. The van der Waals surface area contributed by atoms with Crippen molar-refractivity contribution in [3.05, 3.63) is 53.5 Å². The Morgan fingerprint density at radius 3 is 2.73 bits per heavy atom. The Morgan fingerprint density at radius 2 is 2.03 bits per heavy atom. The number of halogens is 1. The fourth-order valence-corrected chi connectivity index (χ4v) is 3.47. The van der Waals surface area contributed by atoms with Crippen LogP contribution in [0.2, 0.25) is 0 Å². The van der Waals surface area contributed by atoms with Gasteiger partial charge in [-0.25, -0.2) is 9.37 Å². The second-order valence-corrected chi connectivity index (χ2v) is 7.19. The van der Waals surface area contributed by atoms with Crippen LogP contribution in [0.25, 0.3) is 0 Å². The molecule has 0 atom stereocenters. The first-order chi connectivity index (χ1) is 14.6. The number of carbonyl (C=O) groups excluding carboxylic acids is 1. The van der Waals surface area contributed by atoms with Crippen LogP contribution in [0.4, 0.5) is 4.39 Å². The van der Waals surface area contributed by atoms with Gasteiger partial charge < -0.3 is 19.5 Å². The number of aromatic nitrogens is 1. The van der Waals surface area contributed by atoms with E-state index < -0.39 is 0 Å². The summed E-state index contributed by atoms with van der Waals surface area (Å²) in [6.07, 6.45) is 3.24. The summed E-state index contributed by atoms with van der Waals surface area (Å²) in [5.41, 5.74) is 1.33. The second-order valence-electron chi connectivity index (χ2n) is 7.19. The van der Waals surface area contributed by atoms with Crippen molar-refractivity contribution < 1.29 is 23.4 Å². The highest BCUT2D eigenvalue weighted by atomic mass is 19.1. The van der Waals surface area contributed by atoms with Crippen LogP contribution in [0.5, 0.6) is 11.6 Å². The minimum absolute atomic E-state index is 0.0772. The largest absolute Gasteiger partial charge is 0.494 e. The van der Waals surface area contributed by atoms with Gasteiger partial charge in [0.1, 0.15) is 12.2 Å². The van der Waals surface area contributed by atoms with E-state index in [1.54, 1.807) is 31.5 Å². The summed E-state index contributed by atoms with van der Waals surface area (Å²) in [6, 6.07) is 8.54. The second kappa shape index (κ2) is 10.9. The number of methoxy groups -OCH3 is 2. The van der Waals surface area contributed by atoms with E-state index in [1.165, 1.54) is 13.2 Å².